The molecule has 2 aliphatic carbocycles. The Bertz CT molecular complexity index is 2620. The Morgan fingerprint density at radius 3 is 2.00 bits per heavy atom. The molecule has 0 aliphatic heterocycles. The number of aromatic amines is 1. The lowest BCUT2D eigenvalue weighted by Gasteiger charge is -2.41. The van der Waals surface area contributed by atoms with Gasteiger partial charge in [-0.2, -0.15) is 17.6 Å². The number of alkyl carbamates (subject to hydrolysis) is 1. The molecule has 20 heteroatoms. The summed E-state index contributed by atoms with van der Waals surface area (Å²) in [6, 6.07) is 17.9. The summed E-state index contributed by atoms with van der Waals surface area (Å²) in [5.41, 5.74) is 3.82. The Balaban J connectivity index is 1.11. The number of nitrogens with one attached hydrogen (secondary N) is 5. The molecular weight excluding hydrogens is 979 g/mol. The number of halogens is 4. The van der Waals surface area contributed by atoms with Crippen LogP contribution < -0.4 is 21.3 Å². The first-order chi connectivity index (χ1) is 34.6. The van der Waals surface area contributed by atoms with E-state index in [2.05, 4.69) is 70.1 Å². The van der Waals surface area contributed by atoms with Gasteiger partial charge in [0.1, 0.15) is 11.6 Å². The first kappa shape index (κ1) is 57.1. The Labute approximate surface area is 431 Å². The summed E-state index contributed by atoms with van der Waals surface area (Å²) in [5, 5.41) is 18.7. The molecule has 1 atom stereocenters. The average molecular weight is 1050 g/mol. The fourth-order valence-corrected chi connectivity index (χ4v) is 10.3. The molecule has 2 fully saturated rings. The number of methoxy groups -OCH3 is 1. The van der Waals surface area contributed by atoms with E-state index in [4.69, 9.17) is 9.16 Å². The fraction of sp³-hybridized carbons (Fsp3) is 0.537. The minimum Gasteiger partial charge on any atom is -0.464 e. The van der Waals surface area contributed by atoms with E-state index in [9.17, 15) is 41.5 Å². The van der Waals surface area contributed by atoms with Crippen LogP contribution in [0, 0.1) is 18.8 Å². The molecule has 0 radical (unpaired) electrons. The molecule has 2 saturated carbocycles. The standard InChI is InChI=1S/C54H71F4N7O8Si/c1-32-29-38(46(67)60-40-24-26-41(27-25-40)73-74(9,10)52(5,6)7)21-28-42(32)35-15-11-33(12-16-35)30-43(62-45(66)37-17-13-34(14-18-37)31-59-50(70)72-51(2,3)4)47(68)61-39-22-19-36(20-23-39)44-63-48(65-64-44)53(55,56)54(57,58)49(69)71-8/h11-12,15-16,19-23,28-29,34,37,40-41,43H,13-14,17-18,24-27,30-31H2,1-10H3,(H,59,70)(H,60,67)(H,61,68)(H,62,66)(H,63,64,65)/t34-,37-,40-,41-,43?. The monoisotopic (exact) mass is 1050 g/mol. The number of carbonyl (C=O) groups excluding carboxylic acids is 5. The van der Waals surface area contributed by atoms with Crippen LogP contribution in [0.4, 0.5) is 28.0 Å². The number of carbonyl (C=O) groups is 5. The number of ether oxygens (including phenoxy) is 2. The van der Waals surface area contributed by atoms with Gasteiger partial charge in [0, 0.05) is 47.8 Å². The molecule has 1 unspecified atom stereocenters. The van der Waals surface area contributed by atoms with E-state index < -0.39 is 55.6 Å². The number of aromatic nitrogens is 3. The first-order valence-electron chi connectivity index (χ1n) is 25.2. The van der Waals surface area contributed by atoms with Crippen molar-refractivity contribution in [3.8, 4) is 22.5 Å². The molecule has 0 bridgehead atoms. The van der Waals surface area contributed by atoms with Gasteiger partial charge in [-0.05, 0) is 162 Å². The molecule has 1 heterocycles. The highest BCUT2D eigenvalue weighted by molar-refractivity contribution is 6.74. The van der Waals surface area contributed by atoms with Crippen LogP contribution in [0.15, 0.2) is 66.7 Å². The van der Waals surface area contributed by atoms with Crippen molar-refractivity contribution in [3.05, 3.63) is 89.2 Å². The summed E-state index contributed by atoms with van der Waals surface area (Å²) in [5.74, 6) is -15.8. The van der Waals surface area contributed by atoms with Crippen LogP contribution in [0.2, 0.25) is 18.1 Å². The van der Waals surface area contributed by atoms with Crippen LogP contribution in [0.1, 0.15) is 120 Å². The largest absolute Gasteiger partial charge is 0.464 e. The zero-order chi connectivity index (χ0) is 54.4. The fourth-order valence-electron chi connectivity index (χ4n) is 8.92. The molecule has 402 valence electrons. The summed E-state index contributed by atoms with van der Waals surface area (Å²) >= 11 is 0. The molecule has 5 N–H and O–H groups in total. The third-order valence-electron chi connectivity index (χ3n) is 14.3. The number of anilines is 1. The molecule has 4 aromatic rings. The quantitative estimate of drug-likeness (QED) is 0.0385. The number of aryl methyl sites for hydroxylation is 1. The second kappa shape index (κ2) is 23.2. The zero-order valence-electron chi connectivity index (χ0n) is 44.0. The predicted octanol–water partition coefficient (Wildman–Crippen LogP) is 10.4. The van der Waals surface area contributed by atoms with E-state index in [0.29, 0.717) is 44.9 Å². The summed E-state index contributed by atoms with van der Waals surface area (Å²) in [4.78, 5) is 67.1. The highest BCUT2D eigenvalue weighted by atomic mass is 28.4. The summed E-state index contributed by atoms with van der Waals surface area (Å²) in [7, 11) is -1.32. The maximum Gasteiger partial charge on any atom is 0.412 e. The first-order valence-corrected chi connectivity index (χ1v) is 28.1. The number of alkyl halides is 4. The van der Waals surface area contributed by atoms with Gasteiger partial charge in [0.15, 0.2) is 14.1 Å². The average Bonchev–Trinajstić information content (AvgIpc) is 3.85. The van der Waals surface area contributed by atoms with Gasteiger partial charge < -0.3 is 40.2 Å². The van der Waals surface area contributed by atoms with Gasteiger partial charge in [-0.1, -0.05) is 51.1 Å². The van der Waals surface area contributed by atoms with E-state index in [1.807, 2.05) is 54.4 Å². The second-order valence-corrected chi connectivity index (χ2v) is 26.9. The van der Waals surface area contributed by atoms with E-state index in [-0.39, 0.29) is 64.3 Å². The third-order valence-corrected chi connectivity index (χ3v) is 18.8. The SMILES string of the molecule is COC(=O)C(F)(F)C(F)(F)c1nnc(-c2ccc(NC(=O)C(Cc3ccc(-c4ccc(C(=O)N[C@H]5CC[C@H](O[Si](C)(C)C(C)(C)C)CC5)cc4C)cc3)NC(=O)[C@H]3CC[C@H](CNC(=O)OC(C)(C)C)CC3)cc2)[nH]1. The van der Waals surface area contributed by atoms with E-state index in [0.717, 1.165) is 47.9 Å². The predicted molar refractivity (Wildman–Crippen MR) is 275 cm³/mol. The van der Waals surface area contributed by atoms with Gasteiger partial charge in [-0.3, -0.25) is 14.4 Å². The van der Waals surface area contributed by atoms with Crippen LogP contribution >= 0.6 is 0 Å². The lowest BCUT2D eigenvalue weighted by molar-refractivity contribution is -0.233. The van der Waals surface area contributed by atoms with Gasteiger partial charge >= 0.3 is 23.9 Å². The van der Waals surface area contributed by atoms with Crippen LogP contribution in [0.25, 0.3) is 22.5 Å². The van der Waals surface area contributed by atoms with Crippen LogP contribution in [-0.4, -0.2) is 96.6 Å². The van der Waals surface area contributed by atoms with Crippen LogP contribution in [-0.2, 0) is 40.6 Å². The molecule has 0 saturated heterocycles. The number of amides is 4. The smallest absolute Gasteiger partial charge is 0.412 e. The Morgan fingerprint density at radius 1 is 0.797 bits per heavy atom. The lowest BCUT2D eigenvalue weighted by Crippen LogP contribution is -2.48. The Hall–Kier alpha value is -6.15. The highest BCUT2D eigenvalue weighted by Crippen LogP contribution is 2.43. The third kappa shape index (κ3) is 14.4. The summed E-state index contributed by atoms with van der Waals surface area (Å²) in [6.07, 6.45) is 5.81. The number of rotatable bonds is 17. The van der Waals surface area contributed by atoms with Crippen LogP contribution in [0.3, 0.4) is 0 Å². The van der Waals surface area contributed by atoms with E-state index in [1.165, 1.54) is 24.3 Å². The number of hydrogen-bond donors (Lipinski definition) is 5. The van der Waals surface area contributed by atoms with Crippen molar-refractivity contribution in [1.29, 1.82) is 0 Å². The lowest BCUT2D eigenvalue weighted by atomic mass is 9.81. The van der Waals surface area contributed by atoms with Gasteiger partial charge in [0.05, 0.1) is 7.11 Å². The molecule has 1 aromatic heterocycles. The van der Waals surface area contributed by atoms with Crippen LogP contribution in [0.5, 0.6) is 0 Å². The highest BCUT2D eigenvalue weighted by Gasteiger charge is 2.66. The second-order valence-electron chi connectivity index (χ2n) is 22.1. The Morgan fingerprint density at radius 2 is 1.42 bits per heavy atom. The minimum atomic E-state index is -5.23. The minimum absolute atomic E-state index is 0.0781. The number of esters is 1. The molecule has 4 amide bonds. The molecule has 6 rings (SSSR count). The van der Waals surface area contributed by atoms with E-state index >= 15 is 0 Å². The van der Waals surface area contributed by atoms with Crippen molar-refractivity contribution in [2.75, 3.05) is 19.0 Å². The van der Waals surface area contributed by atoms with Crippen molar-refractivity contribution in [1.82, 2.24) is 31.1 Å². The molecular formula is C54H71F4N7O8Si. The van der Waals surface area contributed by atoms with Crippen molar-refractivity contribution in [2.24, 2.45) is 11.8 Å². The maximum atomic E-state index is 14.6. The van der Waals surface area contributed by atoms with Gasteiger partial charge in [-0.15, -0.1) is 10.2 Å². The van der Waals surface area contributed by atoms with Crippen molar-refractivity contribution in [2.45, 2.75) is 160 Å². The summed E-state index contributed by atoms with van der Waals surface area (Å²) in [6.45, 7) is 19.0. The Kier molecular flexibility index (Phi) is 17.9. The van der Waals surface area contributed by atoms with Gasteiger partial charge in [0.2, 0.25) is 17.6 Å². The molecule has 74 heavy (non-hydrogen) atoms. The normalized spacial score (nSPS) is 19.2. The number of hydrogen-bond acceptors (Lipinski definition) is 10. The molecule has 15 nitrogen and oxygen atoms in total. The topological polar surface area (TPSA) is 203 Å². The summed E-state index contributed by atoms with van der Waals surface area (Å²) < 4.78 is 73.5. The van der Waals surface area contributed by atoms with Crippen molar-refractivity contribution in [3.63, 3.8) is 0 Å². The molecule has 2 aliphatic rings. The van der Waals surface area contributed by atoms with Crippen molar-refractivity contribution >= 4 is 43.8 Å². The maximum absolute atomic E-state index is 14.6. The number of nitrogens with zero attached hydrogens (tertiary/aromatic N) is 2. The van der Waals surface area contributed by atoms with Crippen molar-refractivity contribution < 1.29 is 55.4 Å². The number of H-pyrrole nitrogens is 1. The molecule has 0 spiro atoms. The number of benzene rings is 3. The zero-order valence-corrected chi connectivity index (χ0v) is 45.0. The van der Waals surface area contributed by atoms with E-state index in [1.54, 1.807) is 20.8 Å². The van der Waals surface area contributed by atoms with Gasteiger partial charge in [-0.25, -0.2) is 9.59 Å². The van der Waals surface area contributed by atoms with Gasteiger partial charge in [0.25, 0.3) is 5.91 Å². The molecule has 3 aromatic carbocycles.